The lowest BCUT2D eigenvalue weighted by atomic mass is 10.2. The van der Waals surface area contributed by atoms with Crippen LogP contribution in [0.25, 0.3) is 0 Å². The number of rotatable bonds is 4. The Balaban J connectivity index is 2.19. The molecule has 0 saturated carbocycles. The van der Waals surface area contributed by atoms with Gasteiger partial charge in [0.05, 0.1) is 23.6 Å². The maximum atomic E-state index is 11.2. The van der Waals surface area contributed by atoms with Gasteiger partial charge in [0, 0.05) is 0 Å². The van der Waals surface area contributed by atoms with Gasteiger partial charge in [-0.05, 0) is 19.9 Å². The summed E-state index contributed by atoms with van der Waals surface area (Å²) in [5, 5.41) is 3.06. The number of nitrogen functional groups attached to an aromatic ring is 1. The molecule has 2 aromatic rings. The lowest BCUT2D eigenvalue weighted by Crippen LogP contribution is -2.15. The number of primary amides is 1. The summed E-state index contributed by atoms with van der Waals surface area (Å²) >= 11 is 0. The van der Waals surface area contributed by atoms with Gasteiger partial charge in [0.2, 0.25) is 5.89 Å². The number of pyridine rings is 1. The summed E-state index contributed by atoms with van der Waals surface area (Å²) < 4.78 is 5.40. The number of hydrogen-bond acceptors (Lipinski definition) is 6. The van der Waals surface area contributed by atoms with Crippen molar-refractivity contribution in [2.45, 2.75) is 19.9 Å². The molecule has 0 aliphatic rings. The first-order valence-corrected chi connectivity index (χ1v) is 5.71. The molecule has 0 spiro atoms. The van der Waals surface area contributed by atoms with Gasteiger partial charge in [-0.1, -0.05) is 0 Å². The molecule has 0 fully saturated rings. The van der Waals surface area contributed by atoms with Crippen molar-refractivity contribution in [2.75, 3.05) is 11.1 Å². The number of amides is 1. The second-order valence-electron chi connectivity index (χ2n) is 4.20. The predicted octanol–water partition coefficient (Wildman–Crippen LogP) is 1.23. The fourth-order valence-corrected chi connectivity index (χ4v) is 1.61. The molecular formula is C12H15N5O2. The lowest BCUT2D eigenvalue weighted by Gasteiger charge is -2.12. The van der Waals surface area contributed by atoms with Crippen LogP contribution >= 0.6 is 0 Å². The first-order valence-electron chi connectivity index (χ1n) is 5.71. The van der Waals surface area contributed by atoms with Crippen LogP contribution < -0.4 is 16.8 Å². The number of anilines is 2. The SMILES string of the molecule is Cc1cnc(C(C)Nc2cc(C(N)=O)c(N)cn2)o1. The summed E-state index contributed by atoms with van der Waals surface area (Å²) in [6.45, 7) is 3.68. The number of aromatic nitrogens is 2. The van der Waals surface area contributed by atoms with E-state index in [4.69, 9.17) is 15.9 Å². The Morgan fingerprint density at radius 1 is 1.42 bits per heavy atom. The Bertz CT molecular complexity index is 608. The van der Waals surface area contributed by atoms with E-state index in [0.29, 0.717) is 11.7 Å². The van der Waals surface area contributed by atoms with Crippen LogP contribution in [0.5, 0.6) is 0 Å². The number of nitrogens with zero attached hydrogens (tertiary/aromatic N) is 2. The van der Waals surface area contributed by atoms with Gasteiger partial charge in [0.1, 0.15) is 17.6 Å². The van der Waals surface area contributed by atoms with Crippen LogP contribution in [0.15, 0.2) is 22.9 Å². The monoisotopic (exact) mass is 261 g/mol. The maximum Gasteiger partial charge on any atom is 0.250 e. The molecule has 2 aromatic heterocycles. The van der Waals surface area contributed by atoms with E-state index in [0.717, 1.165) is 5.76 Å². The van der Waals surface area contributed by atoms with Crippen molar-refractivity contribution in [1.29, 1.82) is 0 Å². The maximum absolute atomic E-state index is 11.2. The molecular weight excluding hydrogens is 246 g/mol. The molecule has 2 heterocycles. The van der Waals surface area contributed by atoms with Crippen LogP contribution in [0.2, 0.25) is 0 Å². The fourth-order valence-electron chi connectivity index (χ4n) is 1.61. The Morgan fingerprint density at radius 3 is 2.74 bits per heavy atom. The smallest absolute Gasteiger partial charge is 0.250 e. The van der Waals surface area contributed by atoms with E-state index >= 15 is 0 Å². The third-order valence-corrected chi connectivity index (χ3v) is 2.57. The average molecular weight is 261 g/mol. The summed E-state index contributed by atoms with van der Waals surface area (Å²) in [6.07, 6.45) is 3.02. The second kappa shape index (κ2) is 4.97. The van der Waals surface area contributed by atoms with Crippen LogP contribution in [-0.4, -0.2) is 15.9 Å². The Morgan fingerprint density at radius 2 is 2.16 bits per heavy atom. The van der Waals surface area contributed by atoms with Crippen LogP contribution in [0.4, 0.5) is 11.5 Å². The molecule has 7 nitrogen and oxygen atoms in total. The summed E-state index contributed by atoms with van der Waals surface area (Å²) in [4.78, 5) is 19.4. The molecule has 2 rings (SSSR count). The summed E-state index contributed by atoms with van der Waals surface area (Å²) in [6, 6.07) is 1.31. The number of carbonyl (C=O) groups excluding carboxylic acids is 1. The Hall–Kier alpha value is -2.57. The molecule has 0 saturated heterocycles. The average Bonchev–Trinajstić information content (AvgIpc) is 2.78. The molecule has 0 aromatic carbocycles. The van der Waals surface area contributed by atoms with Crippen LogP contribution in [0.3, 0.4) is 0 Å². The zero-order valence-electron chi connectivity index (χ0n) is 10.7. The zero-order valence-corrected chi connectivity index (χ0v) is 10.7. The molecule has 5 N–H and O–H groups in total. The third kappa shape index (κ3) is 2.82. The second-order valence-corrected chi connectivity index (χ2v) is 4.20. The minimum Gasteiger partial charge on any atom is -0.444 e. The highest BCUT2D eigenvalue weighted by molar-refractivity contribution is 5.98. The van der Waals surface area contributed by atoms with E-state index in [-0.39, 0.29) is 17.3 Å². The molecule has 19 heavy (non-hydrogen) atoms. The van der Waals surface area contributed by atoms with Crippen molar-refractivity contribution >= 4 is 17.4 Å². The summed E-state index contributed by atoms with van der Waals surface area (Å²) in [5.74, 6) is 1.15. The highest BCUT2D eigenvalue weighted by Gasteiger charge is 2.13. The molecule has 0 radical (unpaired) electrons. The standard InChI is InChI=1S/C12H15N5O2/c1-6-4-16-12(19-6)7(2)17-10-3-8(11(14)18)9(13)5-15-10/h3-5,7H,13H2,1-2H3,(H2,14,18)(H,15,17). The third-order valence-electron chi connectivity index (χ3n) is 2.57. The minimum absolute atomic E-state index is 0.189. The first-order chi connectivity index (χ1) is 8.97. The van der Waals surface area contributed by atoms with E-state index in [1.807, 2.05) is 13.8 Å². The van der Waals surface area contributed by atoms with Crippen molar-refractivity contribution in [3.05, 3.63) is 35.7 Å². The van der Waals surface area contributed by atoms with Crippen molar-refractivity contribution in [3.8, 4) is 0 Å². The summed E-state index contributed by atoms with van der Waals surface area (Å²) in [7, 11) is 0. The number of hydrogen-bond donors (Lipinski definition) is 3. The molecule has 0 aliphatic carbocycles. The van der Waals surface area contributed by atoms with E-state index in [1.165, 1.54) is 12.3 Å². The molecule has 1 atom stereocenters. The molecule has 1 unspecified atom stereocenters. The van der Waals surface area contributed by atoms with Crippen molar-refractivity contribution in [1.82, 2.24) is 9.97 Å². The van der Waals surface area contributed by atoms with E-state index in [1.54, 1.807) is 6.20 Å². The molecule has 100 valence electrons. The number of oxazole rings is 1. The summed E-state index contributed by atoms with van der Waals surface area (Å²) in [5.41, 5.74) is 11.3. The van der Waals surface area contributed by atoms with Crippen LogP contribution in [0, 0.1) is 6.92 Å². The van der Waals surface area contributed by atoms with E-state index in [2.05, 4.69) is 15.3 Å². The fraction of sp³-hybridized carbons (Fsp3) is 0.250. The highest BCUT2D eigenvalue weighted by atomic mass is 16.4. The lowest BCUT2D eigenvalue weighted by molar-refractivity contribution is 0.100. The van der Waals surface area contributed by atoms with Gasteiger partial charge in [-0.3, -0.25) is 4.79 Å². The quantitative estimate of drug-likeness (QED) is 0.761. The minimum atomic E-state index is -0.595. The Kier molecular flexibility index (Phi) is 3.37. The van der Waals surface area contributed by atoms with Gasteiger partial charge in [0.15, 0.2) is 0 Å². The van der Waals surface area contributed by atoms with Crippen LogP contribution in [0.1, 0.15) is 35.0 Å². The number of nitrogens with two attached hydrogens (primary N) is 2. The van der Waals surface area contributed by atoms with Crippen molar-refractivity contribution < 1.29 is 9.21 Å². The molecule has 0 aliphatic heterocycles. The largest absolute Gasteiger partial charge is 0.444 e. The predicted molar refractivity (Wildman–Crippen MR) is 70.4 cm³/mol. The van der Waals surface area contributed by atoms with Crippen molar-refractivity contribution in [3.63, 3.8) is 0 Å². The number of carbonyl (C=O) groups is 1. The van der Waals surface area contributed by atoms with Gasteiger partial charge in [-0.15, -0.1) is 0 Å². The van der Waals surface area contributed by atoms with Gasteiger partial charge >= 0.3 is 0 Å². The van der Waals surface area contributed by atoms with E-state index in [9.17, 15) is 4.79 Å². The molecule has 7 heteroatoms. The van der Waals surface area contributed by atoms with Gasteiger partial charge in [-0.25, -0.2) is 9.97 Å². The van der Waals surface area contributed by atoms with Gasteiger partial charge in [-0.2, -0.15) is 0 Å². The zero-order chi connectivity index (χ0) is 14.0. The first kappa shape index (κ1) is 12.9. The normalized spacial score (nSPS) is 12.1. The molecule has 0 bridgehead atoms. The van der Waals surface area contributed by atoms with Gasteiger partial charge < -0.3 is 21.2 Å². The topological polar surface area (TPSA) is 120 Å². The van der Waals surface area contributed by atoms with Crippen LogP contribution in [-0.2, 0) is 0 Å². The highest BCUT2D eigenvalue weighted by Crippen LogP contribution is 2.20. The molecule has 1 amide bonds. The number of nitrogens with one attached hydrogen (secondary N) is 1. The number of aryl methyl sites for hydroxylation is 1. The Labute approximate surface area is 110 Å². The van der Waals surface area contributed by atoms with Gasteiger partial charge in [0.25, 0.3) is 5.91 Å². The van der Waals surface area contributed by atoms with Crippen molar-refractivity contribution in [2.24, 2.45) is 5.73 Å². The van der Waals surface area contributed by atoms with E-state index < -0.39 is 5.91 Å².